The summed E-state index contributed by atoms with van der Waals surface area (Å²) in [6, 6.07) is 7.75. The lowest BCUT2D eigenvalue weighted by molar-refractivity contribution is 0.0917. The van der Waals surface area contributed by atoms with Gasteiger partial charge in [-0.25, -0.2) is 4.98 Å². The molecule has 1 aromatic heterocycles. The topological polar surface area (TPSA) is 34.9 Å². The van der Waals surface area contributed by atoms with Crippen LogP contribution in [-0.2, 0) is 0 Å². The maximum Gasteiger partial charge on any atom is 0.185 e. The summed E-state index contributed by atoms with van der Waals surface area (Å²) in [5.41, 5.74) is 1.97. The Morgan fingerprint density at radius 3 is 2.33 bits per heavy atom. The monoisotopic (exact) mass is 326 g/mol. The number of imidazole rings is 1. The molecule has 1 heterocycles. The van der Waals surface area contributed by atoms with E-state index in [2.05, 4.69) is 11.9 Å². The van der Waals surface area contributed by atoms with Crippen LogP contribution in [0.15, 0.2) is 43.0 Å². The molecule has 0 saturated heterocycles. The standard InChI is InChI=1S/C21H30N2O/c1-3-4-5-6-7-8-9-10-20(23-16-15-22-17-23)21(24)19-13-11-18(2)12-14-19/h11-17,20H,3-10H2,1-2H3. The maximum atomic E-state index is 12.9. The number of carbonyl (C=O) groups is 1. The van der Waals surface area contributed by atoms with E-state index in [4.69, 9.17) is 0 Å². The van der Waals surface area contributed by atoms with Crippen LogP contribution in [0, 0.1) is 6.92 Å². The first kappa shape index (κ1) is 18.4. The molecular weight excluding hydrogens is 296 g/mol. The first-order valence-electron chi connectivity index (χ1n) is 9.30. The Morgan fingerprint density at radius 1 is 1.04 bits per heavy atom. The van der Waals surface area contributed by atoms with Crippen molar-refractivity contribution in [3.63, 3.8) is 0 Å². The molecule has 3 nitrogen and oxygen atoms in total. The van der Waals surface area contributed by atoms with E-state index in [9.17, 15) is 4.79 Å². The van der Waals surface area contributed by atoms with Gasteiger partial charge in [0, 0.05) is 18.0 Å². The second kappa shape index (κ2) is 10.1. The molecule has 2 rings (SSSR count). The SMILES string of the molecule is CCCCCCCCCC(C(=O)c1ccc(C)cc1)n1ccnc1. The van der Waals surface area contributed by atoms with Gasteiger partial charge < -0.3 is 4.57 Å². The Balaban J connectivity index is 1.91. The second-order valence-electron chi connectivity index (χ2n) is 6.67. The minimum Gasteiger partial charge on any atom is -0.327 e. The van der Waals surface area contributed by atoms with Crippen LogP contribution in [0.2, 0.25) is 0 Å². The van der Waals surface area contributed by atoms with Crippen LogP contribution in [0.5, 0.6) is 0 Å². The molecule has 24 heavy (non-hydrogen) atoms. The summed E-state index contributed by atoms with van der Waals surface area (Å²) in [6.45, 7) is 4.28. The van der Waals surface area contributed by atoms with Crippen LogP contribution in [0.3, 0.4) is 0 Å². The van der Waals surface area contributed by atoms with Crippen molar-refractivity contribution in [2.24, 2.45) is 0 Å². The van der Waals surface area contributed by atoms with Gasteiger partial charge in [0.05, 0.1) is 12.4 Å². The molecular formula is C21H30N2O. The summed E-state index contributed by atoms with van der Waals surface area (Å²) in [4.78, 5) is 17.0. The number of unbranched alkanes of at least 4 members (excludes halogenated alkanes) is 6. The molecule has 0 amide bonds. The number of Topliss-reactive ketones (excluding diaryl/α,β-unsaturated/α-hetero) is 1. The molecule has 0 fully saturated rings. The first-order chi connectivity index (χ1) is 11.7. The molecule has 0 radical (unpaired) electrons. The Kier molecular flexibility index (Phi) is 7.73. The maximum absolute atomic E-state index is 12.9. The lowest BCUT2D eigenvalue weighted by Crippen LogP contribution is -2.19. The lowest BCUT2D eigenvalue weighted by atomic mass is 9.97. The molecule has 2 aromatic rings. The molecule has 0 aliphatic heterocycles. The second-order valence-corrected chi connectivity index (χ2v) is 6.67. The fourth-order valence-corrected chi connectivity index (χ4v) is 3.07. The number of rotatable bonds is 11. The number of hydrogen-bond acceptors (Lipinski definition) is 2. The zero-order chi connectivity index (χ0) is 17.2. The molecule has 0 spiro atoms. The third kappa shape index (κ3) is 5.63. The fourth-order valence-electron chi connectivity index (χ4n) is 3.07. The Labute approximate surface area is 146 Å². The summed E-state index contributed by atoms with van der Waals surface area (Å²) in [7, 11) is 0. The van der Waals surface area contributed by atoms with Crippen molar-refractivity contribution in [1.82, 2.24) is 9.55 Å². The van der Waals surface area contributed by atoms with Gasteiger partial charge in [-0.1, -0.05) is 81.7 Å². The van der Waals surface area contributed by atoms with Gasteiger partial charge in [-0.05, 0) is 13.3 Å². The molecule has 1 atom stereocenters. The highest BCUT2D eigenvalue weighted by Crippen LogP contribution is 2.22. The molecule has 0 bridgehead atoms. The minimum atomic E-state index is -0.133. The lowest BCUT2D eigenvalue weighted by Gasteiger charge is -2.17. The van der Waals surface area contributed by atoms with Crippen LogP contribution in [0.25, 0.3) is 0 Å². The average molecular weight is 326 g/mol. The Hall–Kier alpha value is -1.90. The van der Waals surface area contributed by atoms with Gasteiger partial charge in [0.15, 0.2) is 5.78 Å². The number of ketones is 1. The smallest absolute Gasteiger partial charge is 0.185 e. The van der Waals surface area contributed by atoms with Crippen LogP contribution >= 0.6 is 0 Å². The van der Waals surface area contributed by atoms with E-state index in [0.29, 0.717) is 0 Å². The van der Waals surface area contributed by atoms with E-state index >= 15 is 0 Å². The average Bonchev–Trinajstić information content (AvgIpc) is 3.12. The van der Waals surface area contributed by atoms with Gasteiger partial charge in [0.25, 0.3) is 0 Å². The number of hydrogen-bond donors (Lipinski definition) is 0. The fraction of sp³-hybridized carbons (Fsp3) is 0.524. The van der Waals surface area contributed by atoms with Crippen molar-refractivity contribution >= 4 is 5.78 Å². The summed E-state index contributed by atoms with van der Waals surface area (Å²) >= 11 is 0. The van der Waals surface area contributed by atoms with Crippen molar-refractivity contribution < 1.29 is 4.79 Å². The van der Waals surface area contributed by atoms with E-state index in [0.717, 1.165) is 18.4 Å². The summed E-state index contributed by atoms with van der Waals surface area (Å²) < 4.78 is 1.96. The van der Waals surface area contributed by atoms with Crippen molar-refractivity contribution in [2.45, 2.75) is 71.3 Å². The van der Waals surface area contributed by atoms with E-state index in [1.807, 2.05) is 42.0 Å². The molecule has 3 heteroatoms. The highest BCUT2D eigenvalue weighted by molar-refractivity contribution is 5.99. The molecule has 0 N–H and O–H groups in total. The van der Waals surface area contributed by atoms with E-state index in [-0.39, 0.29) is 11.8 Å². The molecule has 0 aliphatic rings. The highest BCUT2D eigenvalue weighted by Gasteiger charge is 2.21. The highest BCUT2D eigenvalue weighted by atomic mass is 16.1. The number of nitrogens with zero attached hydrogens (tertiary/aromatic N) is 2. The summed E-state index contributed by atoms with van der Waals surface area (Å²) in [6.07, 6.45) is 15.1. The van der Waals surface area contributed by atoms with Crippen molar-refractivity contribution in [3.05, 3.63) is 54.1 Å². The van der Waals surface area contributed by atoms with Crippen LogP contribution in [0.4, 0.5) is 0 Å². The van der Waals surface area contributed by atoms with E-state index in [1.54, 1.807) is 12.5 Å². The Bertz CT molecular complexity index is 587. The minimum absolute atomic E-state index is 0.133. The van der Waals surface area contributed by atoms with Crippen LogP contribution < -0.4 is 0 Å². The molecule has 1 aromatic carbocycles. The normalized spacial score (nSPS) is 12.2. The zero-order valence-electron chi connectivity index (χ0n) is 15.1. The summed E-state index contributed by atoms with van der Waals surface area (Å²) in [5.74, 6) is 0.194. The van der Waals surface area contributed by atoms with Crippen molar-refractivity contribution in [3.8, 4) is 0 Å². The largest absolute Gasteiger partial charge is 0.327 e. The van der Waals surface area contributed by atoms with Gasteiger partial charge in [0.2, 0.25) is 0 Å². The van der Waals surface area contributed by atoms with Gasteiger partial charge in [-0.15, -0.1) is 0 Å². The molecule has 130 valence electrons. The van der Waals surface area contributed by atoms with Crippen molar-refractivity contribution in [2.75, 3.05) is 0 Å². The van der Waals surface area contributed by atoms with Gasteiger partial charge in [0.1, 0.15) is 0 Å². The molecule has 0 saturated carbocycles. The van der Waals surface area contributed by atoms with Crippen LogP contribution in [0.1, 0.15) is 80.3 Å². The predicted octanol–water partition coefficient (Wildman–Crippen LogP) is 5.76. The molecule has 1 unspecified atom stereocenters. The van der Waals surface area contributed by atoms with Crippen molar-refractivity contribution in [1.29, 1.82) is 0 Å². The van der Waals surface area contributed by atoms with E-state index < -0.39 is 0 Å². The van der Waals surface area contributed by atoms with E-state index in [1.165, 1.54) is 44.1 Å². The van der Waals surface area contributed by atoms with Gasteiger partial charge in [-0.2, -0.15) is 0 Å². The Morgan fingerprint density at radius 2 is 1.71 bits per heavy atom. The number of aryl methyl sites for hydroxylation is 1. The van der Waals surface area contributed by atoms with Gasteiger partial charge in [-0.3, -0.25) is 4.79 Å². The zero-order valence-corrected chi connectivity index (χ0v) is 15.1. The quantitative estimate of drug-likeness (QED) is 0.389. The number of carbonyl (C=O) groups excluding carboxylic acids is 1. The third-order valence-corrected chi connectivity index (χ3v) is 4.60. The van der Waals surface area contributed by atoms with Crippen LogP contribution in [-0.4, -0.2) is 15.3 Å². The van der Waals surface area contributed by atoms with Gasteiger partial charge >= 0.3 is 0 Å². The summed E-state index contributed by atoms with van der Waals surface area (Å²) in [5, 5.41) is 0. The number of benzene rings is 1. The molecule has 0 aliphatic carbocycles. The third-order valence-electron chi connectivity index (χ3n) is 4.60. The number of aromatic nitrogens is 2. The first-order valence-corrected chi connectivity index (χ1v) is 9.30. The predicted molar refractivity (Wildman–Crippen MR) is 99.4 cm³/mol.